The number of benzene rings is 1. The molecule has 1 aromatic carbocycles. The van der Waals surface area contributed by atoms with E-state index in [1.165, 1.54) is 0 Å². The minimum atomic E-state index is -0.936. The highest BCUT2D eigenvalue weighted by atomic mass is 16.6. The van der Waals surface area contributed by atoms with E-state index in [1.54, 1.807) is 13.8 Å². The summed E-state index contributed by atoms with van der Waals surface area (Å²) in [4.78, 5) is 23.2. The van der Waals surface area contributed by atoms with Crippen molar-refractivity contribution in [3.8, 4) is 0 Å². The van der Waals surface area contributed by atoms with Crippen LogP contribution in [0, 0.1) is 0 Å². The van der Waals surface area contributed by atoms with Gasteiger partial charge in [-0.2, -0.15) is 0 Å². The highest BCUT2D eigenvalue weighted by Gasteiger charge is 2.24. The van der Waals surface area contributed by atoms with Gasteiger partial charge in [0.2, 0.25) is 0 Å². The predicted octanol–water partition coefficient (Wildman–Crippen LogP) is 2.09. The van der Waals surface area contributed by atoms with Gasteiger partial charge in [0.25, 0.3) is 0 Å². The molecule has 5 nitrogen and oxygen atoms in total. The van der Waals surface area contributed by atoms with E-state index in [0.717, 1.165) is 5.56 Å². The van der Waals surface area contributed by atoms with E-state index in [-0.39, 0.29) is 26.2 Å². The van der Waals surface area contributed by atoms with E-state index in [9.17, 15) is 9.59 Å². The Labute approximate surface area is 118 Å². The second kappa shape index (κ2) is 9.09. The van der Waals surface area contributed by atoms with E-state index in [2.05, 4.69) is 0 Å². The van der Waals surface area contributed by atoms with Crippen LogP contribution in [0.1, 0.15) is 25.8 Å². The summed E-state index contributed by atoms with van der Waals surface area (Å²) in [5, 5.41) is 0. The quantitative estimate of drug-likeness (QED) is 0.682. The molecule has 5 heteroatoms. The molecule has 1 atom stereocenters. The number of carbonyl (C=O) groups is 2. The molecule has 110 valence electrons. The highest BCUT2D eigenvalue weighted by molar-refractivity contribution is 5.81. The normalized spacial score (nSPS) is 11.7. The van der Waals surface area contributed by atoms with Gasteiger partial charge in [-0.3, -0.25) is 4.79 Å². The number of esters is 2. The molecule has 0 aliphatic heterocycles. The third-order valence-corrected chi connectivity index (χ3v) is 2.50. The lowest BCUT2D eigenvalue weighted by Gasteiger charge is -2.15. The third kappa shape index (κ3) is 5.84. The lowest BCUT2D eigenvalue weighted by molar-refractivity contribution is -0.164. The molecule has 20 heavy (non-hydrogen) atoms. The van der Waals surface area contributed by atoms with Gasteiger partial charge >= 0.3 is 11.9 Å². The zero-order valence-electron chi connectivity index (χ0n) is 11.8. The zero-order valence-corrected chi connectivity index (χ0v) is 11.8. The molecule has 0 heterocycles. The lowest BCUT2D eigenvalue weighted by atomic mass is 10.2. The van der Waals surface area contributed by atoms with Gasteiger partial charge in [0, 0.05) is 0 Å². The van der Waals surface area contributed by atoms with Crippen LogP contribution in [0.4, 0.5) is 0 Å². The van der Waals surface area contributed by atoms with E-state index in [1.807, 2.05) is 30.3 Å². The first-order valence-electron chi connectivity index (χ1n) is 6.65. The smallest absolute Gasteiger partial charge is 0.335 e. The molecule has 0 unspecified atom stereocenters. The Hall–Kier alpha value is -1.88. The average molecular weight is 280 g/mol. The van der Waals surface area contributed by atoms with E-state index in [4.69, 9.17) is 14.2 Å². The van der Waals surface area contributed by atoms with Gasteiger partial charge in [-0.05, 0) is 19.4 Å². The fraction of sp³-hybridized carbons (Fsp3) is 0.467. The van der Waals surface area contributed by atoms with Gasteiger partial charge in [0.05, 0.1) is 26.2 Å². The van der Waals surface area contributed by atoms with E-state index < -0.39 is 18.0 Å². The first kappa shape index (κ1) is 16.2. The summed E-state index contributed by atoms with van der Waals surface area (Å²) < 4.78 is 15.2. The van der Waals surface area contributed by atoms with Crippen LogP contribution in [0.2, 0.25) is 0 Å². The molecule has 0 fully saturated rings. The Morgan fingerprint density at radius 3 is 2.30 bits per heavy atom. The maximum atomic E-state index is 11.7. The third-order valence-electron chi connectivity index (χ3n) is 2.50. The Morgan fingerprint density at radius 1 is 1.05 bits per heavy atom. The van der Waals surface area contributed by atoms with Crippen molar-refractivity contribution in [2.24, 2.45) is 0 Å². The van der Waals surface area contributed by atoms with Crippen molar-refractivity contribution < 1.29 is 23.8 Å². The molecule has 0 aromatic heterocycles. The van der Waals surface area contributed by atoms with Crippen LogP contribution in [0.25, 0.3) is 0 Å². The Morgan fingerprint density at radius 2 is 1.70 bits per heavy atom. The number of hydrogen-bond acceptors (Lipinski definition) is 5. The second-order valence-corrected chi connectivity index (χ2v) is 4.05. The fourth-order valence-corrected chi connectivity index (χ4v) is 1.59. The van der Waals surface area contributed by atoms with Crippen LogP contribution in [-0.2, 0) is 30.4 Å². The molecule has 0 spiro atoms. The molecule has 0 aliphatic carbocycles. The maximum Gasteiger partial charge on any atom is 0.335 e. The maximum absolute atomic E-state index is 11.7. The van der Waals surface area contributed by atoms with Gasteiger partial charge in [0.1, 0.15) is 0 Å². The van der Waals surface area contributed by atoms with Crippen LogP contribution in [0.3, 0.4) is 0 Å². The Bertz CT molecular complexity index is 416. The number of rotatable bonds is 8. The van der Waals surface area contributed by atoms with E-state index >= 15 is 0 Å². The van der Waals surface area contributed by atoms with Gasteiger partial charge < -0.3 is 14.2 Å². The monoisotopic (exact) mass is 280 g/mol. The molecule has 1 rings (SSSR count). The van der Waals surface area contributed by atoms with Gasteiger partial charge in [-0.25, -0.2) is 4.79 Å². The van der Waals surface area contributed by atoms with Crippen LogP contribution in [0.5, 0.6) is 0 Å². The molecule has 0 saturated carbocycles. The number of ether oxygens (including phenoxy) is 3. The summed E-state index contributed by atoms with van der Waals surface area (Å²) in [5.41, 5.74) is 0.922. The number of hydrogen-bond donors (Lipinski definition) is 0. The molecule has 1 aromatic rings. The SMILES string of the molecule is CCOC(=O)C[C@H](OCc1ccccc1)C(=O)OCC. The molecule has 0 radical (unpaired) electrons. The van der Waals surface area contributed by atoms with Crippen molar-refractivity contribution in [1.29, 1.82) is 0 Å². The van der Waals surface area contributed by atoms with Crippen molar-refractivity contribution in [3.63, 3.8) is 0 Å². The summed E-state index contributed by atoms with van der Waals surface area (Å²) in [6.07, 6.45) is -1.08. The molecule has 0 amide bonds. The van der Waals surface area contributed by atoms with Crippen molar-refractivity contribution in [3.05, 3.63) is 35.9 Å². The highest BCUT2D eigenvalue weighted by Crippen LogP contribution is 2.09. The van der Waals surface area contributed by atoms with Crippen LogP contribution in [-0.4, -0.2) is 31.3 Å². The molecular weight excluding hydrogens is 260 g/mol. The van der Waals surface area contributed by atoms with Gasteiger partial charge in [-0.15, -0.1) is 0 Å². The summed E-state index contributed by atoms with van der Waals surface area (Å²) in [5.74, 6) is -1.02. The second-order valence-electron chi connectivity index (χ2n) is 4.05. The predicted molar refractivity (Wildman–Crippen MR) is 72.9 cm³/mol. The topological polar surface area (TPSA) is 61.8 Å². The Balaban J connectivity index is 2.57. The van der Waals surface area contributed by atoms with Crippen molar-refractivity contribution in [1.82, 2.24) is 0 Å². The van der Waals surface area contributed by atoms with E-state index in [0.29, 0.717) is 0 Å². The largest absolute Gasteiger partial charge is 0.466 e. The molecular formula is C15H20O5. The first-order chi connectivity index (χ1) is 9.67. The van der Waals surface area contributed by atoms with Crippen LogP contribution < -0.4 is 0 Å². The molecule has 0 aliphatic rings. The number of carbonyl (C=O) groups excluding carboxylic acids is 2. The van der Waals surface area contributed by atoms with Gasteiger partial charge in [0.15, 0.2) is 6.10 Å². The average Bonchev–Trinajstić information content (AvgIpc) is 2.45. The lowest BCUT2D eigenvalue weighted by Crippen LogP contribution is -2.30. The standard InChI is InChI=1S/C15H20O5/c1-3-18-14(16)10-13(15(17)19-4-2)20-11-12-8-6-5-7-9-12/h5-9,13H,3-4,10-11H2,1-2H3/t13-/m0/s1. The van der Waals surface area contributed by atoms with Crippen molar-refractivity contribution >= 4 is 11.9 Å². The van der Waals surface area contributed by atoms with Gasteiger partial charge in [-0.1, -0.05) is 30.3 Å². The fourth-order valence-electron chi connectivity index (χ4n) is 1.59. The summed E-state index contributed by atoms with van der Waals surface area (Å²) in [7, 11) is 0. The van der Waals surface area contributed by atoms with Crippen molar-refractivity contribution in [2.45, 2.75) is 33.0 Å². The summed E-state index contributed by atoms with van der Waals surface area (Å²) in [6.45, 7) is 4.17. The minimum absolute atomic E-state index is 0.139. The molecule has 0 saturated heterocycles. The minimum Gasteiger partial charge on any atom is -0.466 e. The summed E-state index contributed by atoms with van der Waals surface area (Å²) in [6, 6.07) is 9.41. The Kier molecular flexibility index (Phi) is 7.35. The molecule has 0 N–H and O–H groups in total. The first-order valence-corrected chi connectivity index (χ1v) is 6.65. The van der Waals surface area contributed by atoms with Crippen molar-refractivity contribution in [2.75, 3.05) is 13.2 Å². The van der Waals surface area contributed by atoms with Crippen LogP contribution in [0.15, 0.2) is 30.3 Å². The van der Waals surface area contributed by atoms with Crippen LogP contribution >= 0.6 is 0 Å². The zero-order chi connectivity index (χ0) is 14.8. The molecule has 0 bridgehead atoms. The summed E-state index contributed by atoms with van der Waals surface area (Å²) >= 11 is 0.